The van der Waals surface area contributed by atoms with Gasteiger partial charge in [-0.2, -0.15) is 0 Å². The van der Waals surface area contributed by atoms with Gasteiger partial charge in [0.15, 0.2) is 0 Å². The fourth-order valence-corrected chi connectivity index (χ4v) is 7.73. The fraction of sp³-hybridized carbons (Fsp3) is 0.312. The zero-order chi connectivity index (χ0) is 27.6. The van der Waals surface area contributed by atoms with Gasteiger partial charge in [0.2, 0.25) is 5.56 Å². The lowest BCUT2D eigenvalue weighted by molar-refractivity contribution is 0.0379. The highest BCUT2D eigenvalue weighted by atomic mass is 32.2. The van der Waals surface area contributed by atoms with Gasteiger partial charge in [-0.05, 0) is 66.8 Å². The Morgan fingerprint density at radius 3 is 2.77 bits per heavy atom. The van der Waals surface area contributed by atoms with Gasteiger partial charge in [0.25, 0.3) is 0 Å². The Balaban J connectivity index is 1.22. The molecule has 0 aliphatic carbocycles. The van der Waals surface area contributed by atoms with E-state index in [9.17, 15) is 4.79 Å². The second kappa shape index (κ2) is 11.7. The molecule has 2 aromatic carbocycles. The zero-order valence-corrected chi connectivity index (χ0v) is 24.6. The van der Waals surface area contributed by atoms with Crippen molar-refractivity contribution in [2.75, 3.05) is 29.9 Å². The number of ether oxygens (including phenoxy) is 1. The third-order valence-electron chi connectivity index (χ3n) is 7.26. The lowest BCUT2D eigenvalue weighted by Crippen LogP contribution is -2.39. The highest BCUT2D eigenvalue weighted by Gasteiger charge is 2.28. The van der Waals surface area contributed by atoms with Crippen LogP contribution in [0.1, 0.15) is 49.2 Å². The van der Waals surface area contributed by atoms with Gasteiger partial charge in [0.05, 0.1) is 18.3 Å². The first kappa shape index (κ1) is 27.0. The quantitative estimate of drug-likeness (QED) is 0.210. The minimum Gasteiger partial charge on any atom is -0.377 e. The average Bonchev–Trinajstić information content (AvgIpc) is 2.95. The van der Waals surface area contributed by atoms with Crippen molar-refractivity contribution >= 4 is 34.9 Å². The number of nitrogens with one attached hydrogen (secondary N) is 2. The summed E-state index contributed by atoms with van der Waals surface area (Å²) in [5, 5.41) is 3.77. The van der Waals surface area contributed by atoms with Crippen LogP contribution in [-0.2, 0) is 4.74 Å². The van der Waals surface area contributed by atoms with Gasteiger partial charge in [-0.3, -0.25) is 9.78 Å². The normalized spacial score (nSPS) is 17.3. The lowest BCUT2D eigenvalue weighted by Gasteiger charge is -2.36. The fourth-order valence-electron chi connectivity index (χ4n) is 5.28. The van der Waals surface area contributed by atoms with E-state index in [-0.39, 0.29) is 17.7 Å². The van der Waals surface area contributed by atoms with E-state index in [1.807, 2.05) is 35.8 Å². The van der Waals surface area contributed by atoms with Crippen molar-refractivity contribution in [1.29, 1.82) is 0 Å². The number of rotatable bonds is 7. The van der Waals surface area contributed by atoms with Crippen LogP contribution < -0.4 is 15.8 Å². The number of morpholine rings is 1. The van der Waals surface area contributed by atoms with Crippen LogP contribution in [0.2, 0.25) is 0 Å². The first-order valence-corrected chi connectivity index (χ1v) is 15.4. The molecule has 206 valence electrons. The molecular formula is C32H34N4O2S2. The third-order valence-corrected chi connectivity index (χ3v) is 9.87. The third kappa shape index (κ3) is 5.94. The number of benzene rings is 2. The van der Waals surface area contributed by atoms with Crippen LogP contribution in [0.25, 0.3) is 0 Å². The van der Waals surface area contributed by atoms with Crippen LogP contribution in [-0.4, -0.2) is 29.7 Å². The Labute approximate surface area is 244 Å². The molecule has 2 atom stereocenters. The Morgan fingerprint density at radius 1 is 1.07 bits per heavy atom. The van der Waals surface area contributed by atoms with Crippen LogP contribution in [0.4, 0.5) is 11.4 Å². The number of aryl methyl sites for hydroxylation is 1. The topological polar surface area (TPSA) is 70.2 Å². The molecule has 6 rings (SSSR count). The molecule has 2 aliphatic rings. The summed E-state index contributed by atoms with van der Waals surface area (Å²) in [5.74, 6) is 0.550. The molecule has 6 nitrogen and oxygen atoms in total. The van der Waals surface area contributed by atoms with Gasteiger partial charge < -0.3 is 19.9 Å². The van der Waals surface area contributed by atoms with Gasteiger partial charge in [-0.25, -0.2) is 0 Å². The molecule has 0 amide bonds. The van der Waals surface area contributed by atoms with E-state index in [0.717, 1.165) is 30.0 Å². The molecule has 1 fully saturated rings. The number of hydrogen-bond acceptors (Lipinski definition) is 7. The van der Waals surface area contributed by atoms with E-state index in [4.69, 9.17) is 9.72 Å². The van der Waals surface area contributed by atoms with E-state index < -0.39 is 0 Å². The smallest absolute Gasteiger partial charge is 0.249 e. The SMILES string of the molecule is Cc1ccc(C(CC(C)C)Nc2ccc3c(c2)Sc2cccc(C4CN(c5cc[nH]c(=O)c5)CCO4)c2S3)nc1. The summed E-state index contributed by atoms with van der Waals surface area (Å²) in [5.41, 5.74) is 5.43. The van der Waals surface area contributed by atoms with Crippen molar-refractivity contribution in [3.8, 4) is 0 Å². The van der Waals surface area contributed by atoms with Crippen molar-refractivity contribution < 1.29 is 4.74 Å². The van der Waals surface area contributed by atoms with Crippen LogP contribution in [0.15, 0.2) is 97.4 Å². The summed E-state index contributed by atoms with van der Waals surface area (Å²) in [7, 11) is 0. The number of aromatic nitrogens is 2. The molecule has 40 heavy (non-hydrogen) atoms. The van der Waals surface area contributed by atoms with E-state index in [2.05, 4.69) is 84.5 Å². The van der Waals surface area contributed by atoms with E-state index >= 15 is 0 Å². The Morgan fingerprint density at radius 2 is 1.98 bits per heavy atom. The summed E-state index contributed by atoms with van der Waals surface area (Å²) < 4.78 is 6.28. The molecule has 0 radical (unpaired) electrons. The molecule has 4 heterocycles. The maximum atomic E-state index is 11.9. The van der Waals surface area contributed by atoms with Gasteiger partial charge in [-0.1, -0.05) is 55.6 Å². The van der Waals surface area contributed by atoms with Crippen LogP contribution in [0, 0.1) is 12.8 Å². The molecule has 0 saturated carbocycles. The number of anilines is 2. The molecule has 2 aromatic heterocycles. The maximum absolute atomic E-state index is 11.9. The molecule has 4 aromatic rings. The van der Waals surface area contributed by atoms with Crippen molar-refractivity contribution in [2.45, 2.75) is 58.9 Å². The highest BCUT2D eigenvalue weighted by molar-refractivity contribution is 8.05. The summed E-state index contributed by atoms with van der Waals surface area (Å²) in [6.45, 7) is 8.69. The first-order valence-electron chi connectivity index (χ1n) is 13.8. The second-order valence-corrected chi connectivity index (χ2v) is 13.0. The van der Waals surface area contributed by atoms with E-state index in [1.165, 1.54) is 30.7 Å². The molecule has 2 unspecified atom stereocenters. The van der Waals surface area contributed by atoms with Gasteiger partial charge >= 0.3 is 0 Å². The molecule has 2 aliphatic heterocycles. The molecular weight excluding hydrogens is 537 g/mol. The number of hydrogen-bond donors (Lipinski definition) is 2. The van der Waals surface area contributed by atoms with Gasteiger partial charge in [0, 0.05) is 62.5 Å². The molecule has 1 saturated heterocycles. The summed E-state index contributed by atoms with van der Waals surface area (Å²) in [4.78, 5) is 26.6. The van der Waals surface area contributed by atoms with Crippen molar-refractivity contribution in [2.24, 2.45) is 5.92 Å². The zero-order valence-electron chi connectivity index (χ0n) is 23.0. The van der Waals surface area contributed by atoms with Crippen LogP contribution >= 0.6 is 23.5 Å². The number of nitrogens with zero attached hydrogens (tertiary/aromatic N) is 2. The minimum atomic E-state index is -0.0827. The van der Waals surface area contributed by atoms with Gasteiger partial charge in [0.1, 0.15) is 6.10 Å². The van der Waals surface area contributed by atoms with Crippen molar-refractivity contribution in [3.05, 3.63) is 100 Å². The first-order chi connectivity index (χ1) is 19.4. The lowest BCUT2D eigenvalue weighted by atomic mass is 10.00. The Hall–Kier alpha value is -3.20. The summed E-state index contributed by atoms with van der Waals surface area (Å²) in [6.07, 6.45) is 4.61. The van der Waals surface area contributed by atoms with Crippen LogP contribution in [0.3, 0.4) is 0 Å². The Kier molecular flexibility index (Phi) is 7.91. The van der Waals surface area contributed by atoms with Crippen molar-refractivity contribution in [1.82, 2.24) is 9.97 Å². The second-order valence-electron chi connectivity index (χ2n) is 10.8. The number of H-pyrrole nitrogens is 1. The Bertz CT molecular complexity index is 1550. The summed E-state index contributed by atoms with van der Waals surface area (Å²) in [6, 6.07) is 21.3. The number of fused-ring (bicyclic) bond motifs is 2. The predicted octanol–water partition coefficient (Wildman–Crippen LogP) is 7.47. The average molecular weight is 571 g/mol. The number of aromatic amines is 1. The molecule has 2 N–H and O–H groups in total. The largest absolute Gasteiger partial charge is 0.377 e. The highest BCUT2D eigenvalue weighted by Crippen LogP contribution is 2.52. The molecule has 0 bridgehead atoms. The number of pyridine rings is 2. The summed E-state index contributed by atoms with van der Waals surface area (Å²) >= 11 is 3.65. The maximum Gasteiger partial charge on any atom is 0.249 e. The minimum absolute atomic E-state index is 0.0580. The van der Waals surface area contributed by atoms with E-state index in [1.54, 1.807) is 12.3 Å². The van der Waals surface area contributed by atoms with E-state index in [0.29, 0.717) is 19.1 Å². The standard InChI is InChI=1S/C32H34N4O2S2/c1-20(2)15-26(25-9-7-21(3)18-34-25)35-22-8-10-28-30(16-22)39-29-6-4-5-24(32(29)40-28)27-19-36(13-14-38-27)23-11-12-33-31(37)17-23/h4-12,16-18,20,26-27,35H,13-15,19H2,1-3H3,(H,33,37). The molecule has 8 heteroatoms. The van der Waals surface area contributed by atoms with Crippen LogP contribution in [0.5, 0.6) is 0 Å². The monoisotopic (exact) mass is 570 g/mol. The predicted molar refractivity (Wildman–Crippen MR) is 164 cm³/mol. The molecule has 0 spiro atoms. The van der Waals surface area contributed by atoms with Crippen molar-refractivity contribution in [3.63, 3.8) is 0 Å². The van der Waals surface area contributed by atoms with Gasteiger partial charge in [-0.15, -0.1) is 0 Å².